The Balaban J connectivity index is 1.33. The van der Waals surface area contributed by atoms with Crippen LogP contribution in [0.2, 0.25) is 10.0 Å². The number of halogens is 2. The average molecular weight is 482 g/mol. The molecule has 0 saturated carbocycles. The Labute approximate surface area is 200 Å². The Morgan fingerprint density at radius 2 is 1.72 bits per heavy atom. The van der Waals surface area contributed by atoms with Gasteiger partial charge in [-0.1, -0.05) is 23.2 Å². The van der Waals surface area contributed by atoms with Crippen LogP contribution in [-0.2, 0) is 9.53 Å². The smallest absolute Gasteiger partial charge is 0.256 e. The molecule has 0 aliphatic carbocycles. The maximum atomic E-state index is 13.3. The predicted molar refractivity (Wildman–Crippen MR) is 126 cm³/mol. The first-order chi connectivity index (χ1) is 15.3. The van der Waals surface area contributed by atoms with E-state index in [9.17, 15) is 9.59 Å². The summed E-state index contributed by atoms with van der Waals surface area (Å²) in [5, 5.41) is 0.830. The summed E-state index contributed by atoms with van der Waals surface area (Å²) in [6.45, 7) is 9.39. The number of ether oxygens (including phenoxy) is 1. The third-order valence-electron chi connectivity index (χ3n) is 6.90. The minimum Gasteiger partial charge on any atom is -0.373 e. The molecule has 0 bridgehead atoms. The van der Waals surface area contributed by atoms with E-state index in [2.05, 4.69) is 18.7 Å². The molecule has 1 aromatic rings. The van der Waals surface area contributed by atoms with Gasteiger partial charge in [0.2, 0.25) is 5.91 Å². The van der Waals surface area contributed by atoms with E-state index in [-0.39, 0.29) is 24.0 Å². The van der Waals surface area contributed by atoms with E-state index >= 15 is 0 Å². The maximum Gasteiger partial charge on any atom is 0.256 e. The van der Waals surface area contributed by atoms with Gasteiger partial charge in [0.15, 0.2) is 0 Å². The first-order valence-corrected chi connectivity index (χ1v) is 12.5. The standard InChI is InChI=1S/C24H33Cl2N3O3/c1-16-13-27(14-17(2)32-16)15-18-7-10-28(11-8-18)24(31)22-4-3-9-29(22)23(30)20-12-19(25)5-6-21(20)26/h5-6,12,16-18,22H,3-4,7-11,13-15H2,1-2H3. The molecule has 0 N–H and O–H groups in total. The second kappa shape index (κ2) is 10.3. The van der Waals surface area contributed by atoms with Crippen LogP contribution in [0.4, 0.5) is 0 Å². The fraction of sp³-hybridized carbons (Fsp3) is 0.667. The van der Waals surface area contributed by atoms with Crippen molar-refractivity contribution in [2.45, 2.75) is 57.8 Å². The van der Waals surface area contributed by atoms with Gasteiger partial charge in [0.05, 0.1) is 22.8 Å². The molecule has 0 aromatic heterocycles. The number of benzene rings is 1. The van der Waals surface area contributed by atoms with Crippen LogP contribution in [0, 0.1) is 5.92 Å². The summed E-state index contributed by atoms with van der Waals surface area (Å²) in [4.78, 5) is 32.6. The average Bonchev–Trinajstić information content (AvgIpc) is 3.24. The normalized spacial score (nSPS) is 27.7. The monoisotopic (exact) mass is 481 g/mol. The fourth-order valence-electron chi connectivity index (χ4n) is 5.43. The summed E-state index contributed by atoms with van der Waals surface area (Å²) in [6.07, 6.45) is 4.09. The second-order valence-corrected chi connectivity index (χ2v) is 10.4. The molecule has 176 valence electrons. The highest BCUT2D eigenvalue weighted by atomic mass is 35.5. The van der Waals surface area contributed by atoms with Gasteiger partial charge in [-0.3, -0.25) is 14.5 Å². The molecule has 3 heterocycles. The van der Waals surface area contributed by atoms with Crippen LogP contribution in [0.1, 0.15) is 49.9 Å². The SMILES string of the molecule is CC1CN(CC2CCN(C(=O)C3CCCN3C(=O)c3cc(Cl)ccc3Cl)CC2)CC(C)O1. The first-order valence-electron chi connectivity index (χ1n) is 11.7. The van der Waals surface area contributed by atoms with Crippen LogP contribution in [0.5, 0.6) is 0 Å². The van der Waals surface area contributed by atoms with E-state index in [1.54, 1.807) is 23.1 Å². The van der Waals surface area contributed by atoms with Gasteiger partial charge in [0.25, 0.3) is 5.91 Å². The van der Waals surface area contributed by atoms with Crippen LogP contribution in [0.25, 0.3) is 0 Å². The number of carbonyl (C=O) groups is 2. The van der Waals surface area contributed by atoms with Gasteiger partial charge in [-0.15, -0.1) is 0 Å². The molecule has 2 amide bonds. The number of carbonyl (C=O) groups excluding carboxylic acids is 2. The lowest BCUT2D eigenvalue weighted by atomic mass is 9.95. The van der Waals surface area contributed by atoms with Crippen molar-refractivity contribution in [3.63, 3.8) is 0 Å². The summed E-state index contributed by atoms with van der Waals surface area (Å²) < 4.78 is 5.84. The van der Waals surface area contributed by atoms with Crippen molar-refractivity contribution in [3.8, 4) is 0 Å². The lowest BCUT2D eigenvalue weighted by molar-refractivity contribution is -0.137. The Morgan fingerprint density at radius 1 is 1.03 bits per heavy atom. The van der Waals surface area contributed by atoms with E-state index in [1.807, 2.05) is 4.90 Å². The summed E-state index contributed by atoms with van der Waals surface area (Å²) in [6, 6.07) is 4.47. The molecule has 3 atom stereocenters. The topological polar surface area (TPSA) is 53.1 Å². The number of nitrogens with zero attached hydrogens (tertiary/aromatic N) is 3. The number of hydrogen-bond donors (Lipinski definition) is 0. The van der Waals surface area contributed by atoms with Gasteiger partial charge < -0.3 is 14.5 Å². The molecule has 4 rings (SSSR count). The molecule has 6 nitrogen and oxygen atoms in total. The Bertz CT molecular complexity index is 834. The quantitative estimate of drug-likeness (QED) is 0.653. The molecule has 0 spiro atoms. The van der Waals surface area contributed by atoms with Gasteiger partial charge in [0.1, 0.15) is 6.04 Å². The minimum absolute atomic E-state index is 0.0704. The van der Waals surface area contributed by atoms with E-state index in [4.69, 9.17) is 27.9 Å². The van der Waals surface area contributed by atoms with Gasteiger partial charge >= 0.3 is 0 Å². The van der Waals surface area contributed by atoms with E-state index < -0.39 is 6.04 Å². The fourth-order valence-corrected chi connectivity index (χ4v) is 5.80. The molecule has 32 heavy (non-hydrogen) atoms. The van der Waals surface area contributed by atoms with Gasteiger partial charge in [-0.25, -0.2) is 0 Å². The highest BCUT2D eigenvalue weighted by Crippen LogP contribution is 2.28. The van der Waals surface area contributed by atoms with Crippen molar-refractivity contribution in [1.29, 1.82) is 0 Å². The molecule has 3 aliphatic heterocycles. The number of hydrogen-bond acceptors (Lipinski definition) is 4. The van der Waals surface area contributed by atoms with E-state index in [1.165, 1.54) is 0 Å². The molecule has 3 unspecified atom stereocenters. The van der Waals surface area contributed by atoms with Crippen molar-refractivity contribution >= 4 is 35.0 Å². The number of rotatable bonds is 4. The molecular formula is C24H33Cl2N3O3. The zero-order valence-corrected chi connectivity index (χ0v) is 20.4. The number of morpholine rings is 1. The van der Waals surface area contributed by atoms with Crippen LogP contribution >= 0.6 is 23.2 Å². The minimum atomic E-state index is -0.407. The van der Waals surface area contributed by atoms with Gasteiger partial charge in [-0.05, 0) is 63.6 Å². The number of likely N-dealkylation sites (tertiary alicyclic amines) is 2. The largest absolute Gasteiger partial charge is 0.373 e. The van der Waals surface area contributed by atoms with E-state index in [0.29, 0.717) is 34.5 Å². The van der Waals surface area contributed by atoms with Gasteiger partial charge in [0, 0.05) is 44.3 Å². The molecule has 0 radical (unpaired) electrons. The lowest BCUT2D eigenvalue weighted by Gasteiger charge is -2.40. The van der Waals surface area contributed by atoms with Crippen molar-refractivity contribution in [2.75, 3.05) is 39.3 Å². The highest BCUT2D eigenvalue weighted by Gasteiger charge is 2.38. The molecule has 3 aliphatic rings. The van der Waals surface area contributed by atoms with Crippen LogP contribution in [0.15, 0.2) is 18.2 Å². The zero-order chi connectivity index (χ0) is 22.8. The predicted octanol–water partition coefficient (Wildman–Crippen LogP) is 3.95. The lowest BCUT2D eigenvalue weighted by Crippen LogP contribution is -2.51. The third kappa shape index (κ3) is 5.41. The van der Waals surface area contributed by atoms with Crippen LogP contribution in [-0.4, -0.2) is 84.0 Å². The Morgan fingerprint density at radius 3 is 2.41 bits per heavy atom. The first kappa shape index (κ1) is 23.8. The maximum absolute atomic E-state index is 13.3. The van der Waals surface area contributed by atoms with Crippen molar-refractivity contribution in [3.05, 3.63) is 33.8 Å². The molecule has 3 saturated heterocycles. The van der Waals surface area contributed by atoms with Crippen molar-refractivity contribution < 1.29 is 14.3 Å². The Kier molecular flexibility index (Phi) is 7.65. The van der Waals surface area contributed by atoms with Crippen molar-refractivity contribution in [1.82, 2.24) is 14.7 Å². The summed E-state index contributed by atoms with van der Waals surface area (Å²) >= 11 is 12.3. The second-order valence-electron chi connectivity index (χ2n) is 9.53. The summed E-state index contributed by atoms with van der Waals surface area (Å²) in [5.74, 6) is 0.461. The van der Waals surface area contributed by atoms with Crippen LogP contribution in [0.3, 0.4) is 0 Å². The highest BCUT2D eigenvalue weighted by molar-refractivity contribution is 6.35. The Hall–Kier alpha value is -1.34. The molecular weight excluding hydrogens is 449 g/mol. The summed E-state index contributed by atoms with van der Waals surface area (Å²) in [5.41, 5.74) is 0.367. The zero-order valence-electron chi connectivity index (χ0n) is 18.9. The van der Waals surface area contributed by atoms with E-state index in [0.717, 1.165) is 52.0 Å². The van der Waals surface area contributed by atoms with Crippen LogP contribution < -0.4 is 0 Å². The van der Waals surface area contributed by atoms with Crippen molar-refractivity contribution in [2.24, 2.45) is 5.92 Å². The van der Waals surface area contributed by atoms with Gasteiger partial charge in [-0.2, -0.15) is 0 Å². The molecule has 8 heteroatoms. The number of piperidine rings is 1. The summed E-state index contributed by atoms with van der Waals surface area (Å²) in [7, 11) is 0. The number of amides is 2. The molecule has 1 aromatic carbocycles. The molecule has 3 fully saturated rings. The third-order valence-corrected chi connectivity index (χ3v) is 7.46.